The third-order valence-electron chi connectivity index (χ3n) is 3.58. The first kappa shape index (κ1) is 15.4. The standard InChI is InChI=1S/C16H13ClFN3O2/c1-9-20-15-14(12(5-6-19-15)16(22)23-2)21(9)8-10-3-4-11(18)7-13(10)17/h3-7H,8H2,1-2H3. The van der Waals surface area contributed by atoms with Gasteiger partial charge in [0, 0.05) is 11.2 Å². The molecule has 0 aliphatic rings. The van der Waals surface area contributed by atoms with Gasteiger partial charge in [0.2, 0.25) is 0 Å². The maximum Gasteiger partial charge on any atom is 0.340 e. The van der Waals surface area contributed by atoms with E-state index in [1.807, 2.05) is 4.57 Å². The molecule has 0 spiro atoms. The smallest absolute Gasteiger partial charge is 0.340 e. The Morgan fingerprint density at radius 3 is 2.87 bits per heavy atom. The summed E-state index contributed by atoms with van der Waals surface area (Å²) in [4.78, 5) is 20.5. The second-order valence-electron chi connectivity index (χ2n) is 5.00. The number of benzene rings is 1. The van der Waals surface area contributed by atoms with Crippen molar-refractivity contribution in [3.8, 4) is 0 Å². The molecular formula is C16H13ClFN3O2. The van der Waals surface area contributed by atoms with Gasteiger partial charge in [-0.2, -0.15) is 0 Å². The molecule has 7 heteroatoms. The summed E-state index contributed by atoms with van der Waals surface area (Å²) in [5.74, 6) is -0.198. The summed E-state index contributed by atoms with van der Waals surface area (Å²) in [6, 6.07) is 5.79. The monoisotopic (exact) mass is 333 g/mol. The number of methoxy groups -OCH3 is 1. The van der Waals surface area contributed by atoms with Gasteiger partial charge in [-0.15, -0.1) is 0 Å². The molecule has 118 valence electrons. The lowest BCUT2D eigenvalue weighted by atomic mass is 10.2. The summed E-state index contributed by atoms with van der Waals surface area (Å²) in [6.07, 6.45) is 1.51. The summed E-state index contributed by atoms with van der Waals surface area (Å²) < 4.78 is 19.8. The predicted octanol–water partition coefficient (Wildman–Crippen LogP) is 3.37. The molecule has 0 aliphatic carbocycles. The summed E-state index contributed by atoms with van der Waals surface area (Å²) in [5, 5.41) is 0.315. The van der Waals surface area contributed by atoms with Crippen LogP contribution in [0, 0.1) is 12.7 Å². The van der Waals surface area contributed by atoms with E-state index in [1.165, 1.54) is 25.4 Å². The lowest BCUT2D eigenvalue weighted by Crippen LogP contribution is -2.08. The van der Waals surface area contributed by atoms with Crippen LogP contribution in [-0.4, -0.2) is 27.6 Å². The van der Waals surface area contributed by atoms with Crippen LogP contribution < -0.4 is 0 Å². The van der Waals surface area contributed by atoms with Crippen molar-refractivity contribution in [2.75, 3.05) is 7.11 Å². The molecule has 0 N–H and O–H groups in total. The Bertz CT molecular complexity index is 908. The Morgan fingerprint density at radius 2 is 2.17 bits per heavy atom. The number of pyridine rings is 1. The second kappa shape index (κ2) is 5.96. The van der Waals surface area contributed by atoms with E-state index < -0.39 is 11.8 Å². The van der Waals surface area contributed by atoms with Crippen LogP contribution in [0.25, 0.3) is 11.2 Å². The molecule has 0 amide bonds. The van der Waals surface area contributed by atoms with E-state index in [9.17, 15) is 9.18 Å². The highest BCUT2D eigenvalue weighted by molar-refractivity contribution is 6.31. The molecule has 0 unspecified atom stereocenters. The maximum absolute atomic E-state index is 13.2. The van der Waals surface area contributed by atoms with Crippen LogP contribution in [0.1, 0.15) is 21.7 Å². The Labute approximate surface area is 136 Å². The lowest BCUT2D eigenvalue weighted by molar-refractivity contribution is 0.0602. The van der Waals surface area contributed by atoms with Gasteiger partial charge in [0.1, 0.15) is 17.2 Å². The maximum atomic E-state index is 13.2. The van der Waals surface area contributed by atoms with E-state index in [0.29, 0.717) is 34.1 Å². The van der Waals surface area contributed by atoms with Crippen molar-refractivity contribution in [1.29, 1.82) is 0 Å². The fourth-order valence-corrected chi connectivity index (χ4v) is 2.68. The van der Waals surface area contributed by atoms with Crippen molar-refractivity contribution in [2.45, 2.75) is 13.5 Å². The van der Waals surface area contributed by atoms with E-state index in [1.54, 1.807) is 19.1 Å². The predicted molar refractivity (Wildman–Crippen MR) is 84.1 cm³/mol. The van der Waals surface area contributed by atoms with Crippen LogP contribution in [0.3, 0.4) is 0 Å². The Hall–Kier alpha value is -2.47. The van der Waals surface area contributed by atoms with E-state index in [-0.39, 0.29) is 0 Å². The third kappa shape index (κ3) is 2.77. The lowest BCUT2D eigenvalue weighted by Gasteiger charge is -2.10. The largest absolute Gasteiger partial charge is 0.465 e. The molecule has 3 rings (SSSR count). The van der Waals surface area contributed by atoms with E-state index in [4.69, 9.17) is 16.3 Å². The number of hydrogen-bond donors (Lipinski definition) is 0. The van der Waals surface area contributed by atoms with Crippen molar-refractivity contribution >= 4 is 28.7 Å². The number of carbonyl (C=O) groups is 1. The van der Waals surface area contributed by atoms with Crippen LogP contribution >= 0.6 is 11.6 Å². The molecule has 0 radical (unpaired) electrons. The third-order valence-corrected chi connectivity index (χ3v) is 3.93. The molecule has 0 aliphatic heterocycles. The Kier molecular flexibility index (Phi) is 4.00. The molecule has 2 aromatic heterocycles. The number of esters is 1. The average Bonchev–Trinajstić information content (AvgIpc) is 2.85. The number of nitrogens with zero attached hydrogens (tertiary/aromatic N) is 3. The molecule has 3 aromatic rings. The molecule has 0 fully saturated rings. The number of rotatable bonds is 3. The van der Waals surface area contributed by atoms with Crippen LogP contribution in [0.15, 0.2) is 30.5 Å². The van der Waals surface area contributed by atoms with Gasteiger partial charge in [-0.1, -0.05) is 17.7 Å². The van der Waals surface area contributed by atoms with Crippen molar-refractivity contribution in [1.82, 2.24) is 14.5 Å². The zero-order chi connectivity index (χ0) is 16.6. The summed E-state index contributed by atoms with van der Waals surface area (Å²) in [5.41, 5.74) is 2.10. The number of ether oxygens (including phenoxy) is 1. The molecule has 5 nitrogen and oxygen atoms in total. The molecule has 0 atom stereocenters. The minimum atomic E-state index is -0.469. The van der Waals surface area contributed by atoms with Crippen LogP contribution in [0.2, 0.25) is 5.02 Å². The zero-order valence-electron chi connectivity index (χ0n) is 12.5. The summed E-state index contributed by atoms with van der Waals surface area (Å²) in [7, 11) is 1.32. The van der Waals surface area contributed by atoms with E-state index >= 15 is 0 Å². The van der Waals surface area contributed by atoms with Gasteiger partial charge in [-0.25, -0.2) is 19.2 Å². The first-order valence-corrected chi connectivity index (χ1v) is 7.23. The van der Waals surface area contributed by atoms with Crippen molar-refractivity contribution in [2.24, 2.45) is 0 Å². The van der Waals surface area contributed by atoms with Crippen molar-refractivity contribution < 1.29 is 13.9 Å². The minimum absolute atomic E-state index is 0.315. The van der Waals surface area contributed by atoms with Gasteiger partial charge in [-0.3, -0.25) is 0 Å². The number of carbonyl (C=O) groups excluding carboxylic acids is 1. The van der Waals surface area contributed by atoms with Gasteiger partial charge < -0.3 is 9.30 Å². The fraction of sp³-hybridized carbons (Fsp3) is 0.188. The van der Waals surface area contributed by atoms with Gasteiger partial charge in [0.05, 0.1) is 19.2 Å². The van der Waals surface area contributed by atoms with Gasteiger partial charge in [-0.05, 0) is 30.7 Å². The first-order valence-electron chi connectivity index (χ1n) is 6.85. The van der Waals surface area contributed by atoms with Crippen molar-refractivity contribution in [3.63, 3.8) is 0 Å². The van der Waals surface area contributed by atoms with E-state index in [0.717, 1.165) is 5.56 Å². The highest BCUT2D eigenvalue weighted by atomic mass is 35.5. The molecule has 0 saturated heterocycles. The highest BCUT2D eigenvalue weighted by Gasteiger charge is 2.18. The van der Waals surface area contributed by atoms with Crippen LogP contribution in [0.4, 0.5) is 4.39 Å². The second-order valence-corrected chi connectivity index (χ2v) is 5.41. The molecule has 2 heterocycles. The van der Waals surface area contributed by atoms with Gasteiger partial charge >= 0.3 is 5.97 Å². The topological polar surface area (TPSA) is 57.0 Å². The van der Waals surface area contributed by atoms with Gasteiger partial charge in [0.25, 0.3) is 0 Å². The number of aryl methyl sites for hydroxylation is 1. The fourth-order valence-electron chi connectivity index (χ4n) is 2.45. The van der Waals surface area contributed by atoms with Crippen LogP contribution in [0.5, 0.6) is 0 Å². The number of halogens is 2. The summed E-state index contributed by atoms with van der Waals surface area (Å²) in [6.45, 7) is 2.15. The van der Waals surface area contributed by atoms with Crippen LogP contribution in [-0.2, 0) is 11.3 Å². The number of hydrogen-bond acceptors (Lipinski definition) is 4. The average molecular weight is 334 g/mol. The Balaban J connectivity index is 2.17. The molecule has 1 aromatic carbocycles. The Morgan fingerprint density at radius 1 is 1.39 bits per heavy atom. The van der Waals surface area contributed by atoms with Gasteiger partial charge in [0.15, 0.2) is 5.65 Å². The van der Waals surface area contributed by atoms with Crippen molar-refractivity contribution in [3.05, 3.63) is 58.3 Å². The number of imidazole rings is 1. The van der Waals surface area contributed by atoms with E-state index in [2.05, 4.69) is 9.97 Å². The molecule has 0 bridgehead atoms. The SMILES string of the molecule is COC(=O)c1ccnc2nc(C)n(Cc3ccc(F)cc3Cl)c12. The first-order chi connectivity index (χ1) is 11.0. The number of fused-ring (bicyclic) bond motifs is 1. The molecule has 23 heavy (non-hydrogen) atoms. The zero-order valence-corrected chi connectivity index (χ0v) is 13.3. The minimum Gasteiger partial charge on any atom is -0.465 e. The summed E-state index contributed by atoms with van der Waals surface area (Å²) >= 11 is 6.10. The number of aromatic nitrogens is 3. The molecule has 0 saturated carbocycles. The normalized spacial score (nSPS) is 11.0. The quantitative estimate of drug-likeness (QED) is 0.690. The molecular weight excluding hydrogens is 321 g/mol. The highest BCUT2D eigenvalue weighted by Crippen LogP contribution is 2.24.